The first-order valence-corrected chi connectivity index (χ1v) is 11.6. The van der Waals surface area contributed by atoms with Gasteiger partial charge in [0.05, 0.1) is 19.1 Å². The Kier molecular flexibility index (Phi) is 7.00. The molecule has 8 nitrogen and oxygen atoms in total. The largest absolute Gasteiger partial charge is 0.497 e. The number of anilines is 1. The molecule has 33 heavy (non-hydrogen) atoms. The summed E-state index contributed by atoms with van der Waals surface area (Å²) >= 11 is 7.39. The Hall–Kier alpha value is -3.30. The van der Waals surface area contributed by atoms with Crippen LogP contribution in [-0.4, -0.2) is 43.3 Å². The smallest absolute Gasteiger partial charge is 0.235 e. The molecule has 0 aliphatic carbocycles. The summed E-state index contributed by atoms with van der Waals surface area (Å²) in [4.78, 5) is 12.6. The van der Waals surface area contributed by atoms with Gasteiger partial charge in [-0.25, -0.2) is 4.68 Å². The lowest BCUT2D eigenvalue weighted by Crippen LogP contribution is -2.18. The molecule has 10 heteroatoms. The van der Waals surface area contributed by atoms with Crippen LogP contribution in [0, 0.1) is 0 Å². The van der Waals surface area contributed by atoms with Crippen LogP contribution < -0.4 is 10.1 Å². The van der Waals surface area contributed by atoms with E-state index in [4.69, 9.17) is 16.3 Å². The molecule has 0 bridgehead atoms. The van der Waals surface area contributed by atoms with E-state index in [1.807, 2.05) is 54.8 Å². The number of amides is 1. The molecule has 4 rings (SSSR count). The molecule has 0 radical (unpaired) electrons. The van der Waals surface area contributed by atoms with Gasteiger partial charge in [0.1, 0.15) is 11.6 Å². The first kappa shape index (κ1) is 22.9. The predicted octanol–water partition coefficient (Wildman–Crippen LogP) is 5.10. The van der Waals surface area contributed by atoms with E-state index in [0.29, 0.717) is 27.6 Å². The number of rotatable bonds is 8. The van der Waals surface area contributed by atoms with Gasteiger partial charge in [-0.05, 0) is 50.2 Å². The Morgan fingerprint density at radius 3 is 2.67 bits per heavy atom. The first-order valence-electron chi connectivity index (χ1n) is 10.3. The molecule has 0 saturated heterocycles. The van der Waals surface area contributed by atoms with Crippen LogP contribution in [0.3, 0.4) is 0 Å². The summed E-state index contributed by atoms with van der Waals surface area (Å²) in [5, 5.41) is 17.1. The highest BCUT2D eigenvalue weighted by Crippen LogP contribution is 2.30. The zero-order valence-corrected chi connectivity index (χ0v) is 20.0. The molecule has 1 N–H and O–H groups in total. The van der Waals surface area contributed by atoms with E-state index < -0.39 is 0 Å². The highest BCUT2D eigenvalue weighted by molar-refractivity contribution is 7.99. The zero-order valence-electron chi connectivity index (χ0n) is 18.4. The van der Waals surface area contributed by atoms with Gasteiger partial charge in [0.25, 0.3) is 0 Å². The van der Waals surface area contributed by atoms with Crippen molar-refractivity contribution in [2.45, 2.75) is 25.0 Å². The van der Waals surface area contributed by atoms with Crippen molar-refractivity contribution >= 4 is 35.1 Å². The second kappa shape index (κ2) is 10.1. The van der Waals surface area contributed by atoms with Gasteiger partial charge in [0.2, 0.25) is 5.91 Å². The molecule has 2 heterocycles. The second-order valence-electron chi connectivity index (χ2n) is 7.44. The third kappa shape index (κ3) is 5.20. The van der Waals surface area contributed by atoms with Gasteiger partial charge in [0, 0.05) is 28.4 Å². The monoisotopic (exact) mass is 482 g/mol. The average molecular weight is 483 g/mol. The summed E-state index contributed by atoms with van der Waals surface area (Å²) < 4.78 is 9.03. The van der Waals surface area contributed by atoms with E-state index in [0.717, 1.165) is 11.3 Å². The highest BCUT2D eigenvalue weighted by Gasteiger charge is 2.18. The average Bonchev–Trinajstić information content (AvgIpc) is 3.45. The van der Waals surface area contributed by atoms with E-state index in [2.05, 4.69) is 20.6 Å². The van der Waals surface area contributed by atoms with Crippen molar-refractivity contribution in [3.05, 3.63) is 65.8 Å². The van der Waals surface area contributed by atoms with E-state index in [-0.39, 0.29) is 17.7 Å². The fraction of sp³-hybridized carbons (Fsp3) is 0.217. The molecule has 0 spiro atoms. The number of carbonyl (C=O) groups excluding carboxylic acids is 1. The molecule has 0 atom stereocenters. The van der Waals surface area contributed by atoms with Crippen molar-refractivity contribution in [2.24, 2.45) is 0 Å². The molecule has 0 aliphatic rings. The van der Waals surface area contributed by atoms with E-state index in [1.54, 1.807) is 36.2 Å². The lowest BCUT2D eigenvalue weighted by atomic mass is 10.2. The van der Waals surface area contributed by atoms with Crippen LogP contribution in [0.1, 0.15) is 19.9 Å². The lowest BCUT2D eigenvalue weighted by molar-refractivity contribution is -0.113. The van der Waals surface area contributed by atoms with Gasteiger partial charge in [-0.3, -0.25) is 9.36 Å². The standard InChI is InChI=1S/C23H23ClN6O2S/c1-15(2)30-20(11-12-25-30)26-21(31)14-33-23-28-27-22(16-5-4-6-19(13-16)32-3)29(23)18-9-7-17(24)8-10-18/h4-13,15H,14H2,1-3H3,(H,26,31). The number of aromatic nitrogens is 5. The Labute approximate surface area is 200 Å². The Morgan fingerprint density at radius 1 is 1.15 bits per heavy atom. The lowest BCUT2D eigenvalue weighted by Gasteiger charge is -2.12. The maximum Gasteiger partial charge on any atom is 0.235 e. The number of thioether (sulfide) groups is 1. The van der Waals surface area contributed by atoms with Crippen LogP contribution in [0.25, 0.3) is 17.1 Å². The molecule has 170 valence electrons. The van der Waals surface area contributed by atoms with Crippen LogP contribution in [0.5, 0.6) is 5.75 Å². The van der Waals surface area contributed by atoms with Gasteiger partial charge in [-0.1, -0.05) is 35.5 Å². The van der Waals surface area contributed by atoms with Crippen molar-refractivity contribution < 1.29 is 9.53 Å². The fourth-order valence-corrected chi connectivity index (χ4v) is 4.15. The van der Waals surface area contributed by atoms with Crippen LogP contribution >= 0.6 is 23.4 Å². The maximum absolute atomic E-state index is 12.6. The molecule has 2 aromatic carbocycles. The minimum Gasteiger partial charge on any atom is -0.497 e. The van der Waals surface area contributed by atoms with Gasteiger partial charge in [-0.2, -0.15) is 5.10 Å². The van der Waals surface area contributed by atoms with Gasteiger partial charge < -0.3 is 10.1 Å². The third-order valence-electron chi connectivity index (χ3n) is 4.81. The molecular weight excluding hydrogens is 460 g/mol. The molecule has 4 aromatic rings. The molecule has 0 fully saturated rings. The van der Waals surface area contributed by atoms with Gasteiger partial charge in [0.15, 0.2) is 11.0 Å². The minimum atomic E-state index is -0.156. The number of hydrogen-bond donors (Lipinski definition) is 1. The molecule has 1 amide bonds. The predicted molar refractivity (Wildman–Crippen MR) is 130 cm³/mol. The van der Waals surface area contributed by atoms with Crippen molar-refractivity contribution in [3.8, 4) is 22.8 Å². The zero-order chi connectivity index (χ0) is 23.4. The molecule has 2 aromatic heterocycles. The van der Waals surface area contributed by atoms with Crippen molar-refractivity contribution in [1.29, 1.82) is 0 Å². The van der Waals surface area contributed by atoms with Crippen molar-refractivity contribution in [2.75, 3.05) is 18.2 Å². The summed E-state index contributed by atoms with van der Waals surface area (Å²) in [6.45, 7) is 4.01. The van der Waals surface area contributed by atoms with Gasteiger partial charge >= 0.3 is 0 Å². The molecule has 0 unspecified atom stereocenters. The number of benzene rings is 2. The third-order valence-corrected chi connectivity index (χ3v) is 5.99. The normalized spacial score (nSPS) is 11.1. The topological polar surface area (TPSA) is 86.9 Å². The maximum atomic E-state index is 12.6. The van der Waals surface area contributed by atoms with Crippen molar-refractivity contribution in [3.63, 3.8) is 0 Å². The summed E-state index contributed by atoms with van der Waals surface area (Å²) in [7, 11) is 1.62. The number of halogens is 1. The summed E-state index contributed by atoms with van der Waals surface area (Å²) in [6.07, 6.45) is 1.67. The SMILES string of the molecule is COc1cccc(-c2nnc(SCC(=O)Nc3ccnn3C(C)C)n2-c2ccc(Cl)cc2)c1. The summed E-state index contributed by atoms with van der Waals surface area (Å²) in [6, 6.07) is 16.9. The van der Waals surface area contributed by atoms with Crippen LogP contribution in [0.15, 0.2) is 66.0 Å². The Balaban J connectivity index is 1.61. The van der Waals surface area contributed by atoms with Crippen LogP contribution in [0.4, 0.5) is 5.82 Å². The molecule has 0 saturated carbocycles. The fourth-order valence-electron chi connectivity index (χ4n) is 3.27. The number of methoxy groups -OCH3 is 1. The number of carbonyl (C=O) groups is 1. The molecular formula is C23H23ClN6O2S. The summed E-state index contributed by atoms with van der Waals surface area (Å²) in [5.74, 6) is 2.01. The second-order valence-corrected chi connectivity index (χ2v) is 8.82. The highest BCUT2D eigenvalue weighted by atomic mass is 35.5. The Bertz CT molecular complexity index is 1250. The minimum absolute atomic E-state index is 0.140. The number of hydrogen-bond acceptors (Lipinski definition) is 6. The van der Waals surface area contributed by atoms with Crippen LogP contribution in [0.2, 0.25) is 5.02 Å². The van der Waals surface area contributed by atoms with E-state index in [1.165, 1.54) is 11.8 Å². The summed E-state index contributed by atoms with van der Waals surface area (Å²) in [5.41, 5.74) is 1.68. The molecule has 0 aliphatic heterocycles. The van der Waals surface area contributed by atoms with E-state index >= 15 is 0 Å². The number of nitrogens with zero attached hydrogens (tertiary/aromatic N) is 5. The van der Waals surface area contributed by atoms with Crippen LogP contribution in [-0.2, 0) is 4.79 Å². The Morgan fingerprint density at radius 2 is 1.94 bits per heavy atom. The number of ether oxygens (including phenoxy) is 1. The van der Waals surface area contributed by atoms with Crippen molar-refractivity contribution in [1.82, 2.24) is 24.5 Å². The quantitative estimate of drug-likeness (QED) is 0.351. The first-order chi connectivity index (χ1) is 16.0. The van der Waals surface area contributed by atoms with E-state index in [9.17, 15) is 4.79 Å². The number of nitrogens with one attached hydrogen (secondary N) is 1. The van der Waals surface area contributed by atoms with Gasteiger partial charge in [-0.15, -0.1) is 10.2 Å².